The van der Waals surface area contributed by atoms with Crippen molar-refractivity contribution in [3.05, 3.63) is 59.3 Å². The van der Waals surface area contributed by atoms with E-state index in [4.69, 9.17) is 18.9 Å². The van der Waals surface area contributed by atoms with Gasteiger partial charge in [-0.25, -0.2) is 0 Å². The smallest absolute Gasteiger partial charge is 0.228 e. The number of fused-ring (bicyclic) bond motifs is 1. The molecule has 7 nitrogen and oxygen atoms in total. The number of hydrogen-bond acceptors (Lipinski definition) is 6. The van der Waals surface area contributed by atoms with Crippen LogP contribution in [0.5, 0.6) is 11.5 Å². The highest BCUT2D eigenvalue weighted by molar-refractivity contribution is 6.26. The highest BCUT2D eigenvalue weighted by Gasteiger charge is 2.34. The second kappa shape index (κ2) is 9.97. The highest BCUT2D eigenvalue weighted by Crippen LogP contribution is 2.36. The van der Waals surface area contributed by atoms with Crippen LogP contribution in [0.3, 0.4) is 0 Å². The first-order valence-electron chi connectivity index (χ1n) is 10.8. The molecular formula is C25H27NO6. The van der Waals surface area contributed by atoms with E-state index in [-0.39, 0.29) is 18.0 Å². The summed E-state index contributed by atoms with van der Waals surface area (Å²) in [5.41, 5.74) is 2.16. The van der Waals surface area contributed by atoms with E-state index < -0.39 is 0 Å². The van der Waals surface area contributed by atoms with Crippen LogP contribution in [0.15, 0.2) is 48.2 Å². The van der Waals surface area contributed by atoms with Crippen molar-refractivity contribution < 1.29 is 28.5 Å². The van der Waals surface area contributed by atoms with Crippen molar-refractivity contribution in [2.45, 2.75) is 32.5 Å². The third-order valence-electron chi connectivity index (χ3n) is 5.45. The fourth-order valence-corrected chi connectivity index (χ4v) is 3.92. The predicted molar refractivity (Wildman–Crippen MR) is 120 cm³/mol. The zero-order valence-electron chi connectivity index (χ0n) is 18.3. The normalized spacial score (nSPS) is 19.2. The summed E-state index contributed by atoms with van der Waals surface area (Å²) in [4.78, 5) is 26.6. The number of allylic oxidation sites excluding steroid dienone is 1. The summed E-state index contributed by atoms with van der Waals surface area (Å²) < 4.78 is 22.5. The van der Waals surface area contributed by atoms with Crippen LogP contribution in [0.1, 0.15) is 42.1 Å². The number of rotatable bonds is 7. The van der Waals surface area contributed by atoms with E-state index >= 15 is 0 Å². The van der Waals surface area contributed by atoms with Crippen molar-refractivity contribution in [2.75, 3.05) is 31.8 Å². The number of benzene rings is 2. The van der Waals surface area contributed by atoms with Gasteiger partial charge in [0.25, 0.3) is 0 Å². The molecule has 32 heavy (non-hydrogen) atoms. The Bertz CT molecular complexity index is 1020. The standard InChI is InChI=1S/C25H27NO6/c1-17(27)26-20-8-4-3-7-19(20)25(28)21(26)15-18-10-11-22(23(16-18)29-2)30-13-14-32-24-9-5-6-12-31-24/h3-4,7-8,10-11,15-16,24H,5-6,9,12-14H2,1-2H3/b21-15-. The Hall–Kier alpha value is -3.16. The number of ketones is 1. The SMILES string of the molecule is COc1cc(/C=C2/C(=O)c3ccccc3N2C(C)=O)ccc1OCCOC1CCCCO1. The molecule has 2 aromatic rings. The summed E-state index contributed by atoms with van der Waals surface area (Å²) >= 11 is 0. The van der Waals surface area contributed by atoms with Crippen molar-refractivity contribution >= 4 is 23.5 Å². The van der Waals surface area contributed by atoms with Crippen LogP contribution in [0.25, 0.3) is 6.08 Å². The molecule has 0 aliphatic carbocycles. The Morgan fingerprint density at radius 3 is 2.75 bits per heavy atom. The number of ether oxygens (including phenoxy) is 4. The lowest BCUT2D eigenvalue weighted by atomic mass is 10.1. The molecular weight excluding hydrogens is 410 g/mol. The molecule has 2 aliphatic heterocycles. The molecule has 7 heteroatoms. The highest BCUT2D eigenvalue weighted by atomic mass is 16.7. The fraction of sp³-hybridized carbons (Fsp3) is 0.360. The number of amides is 1. The Morgan fingerprint density at radius 2 is 2.00 bits per heavy atom. The van der Waals surface area contributed by atoms with Crippen molar-refractivity contribution in [3.63, 3.8) is 0 Å². The Morgan fingerprint density at radius 1 is 1.16 bits per heavy atom. The lowest BCUT2D eigenvalue weighted by Gasteiger charge is -2.22. The Labute approximate surface area is 187 Å². The second-order valence-corrected chi connectivity index (χ2v) is 7.66. The van der Waals surface area contributed by atoms with Gasteiger partial charge in [-0.1, -0.05) is 18.2 Å². The summed E-state index contributed by atoms with van der Waals surface area (Å²) in [5.74, 6) is 0.707. The number of nitrogens with zero attached hydrogens (tertiary/aromatic N) is 1. The van der Waals surface area contributed by atoms with Gasteiger partial charge in [0.15, 0.2) is 17.8 Å². The first-order valence-corrected chi connectivity index (χ1v) is 10.8. The zero-order valence-corrected chi connectivity index (χ0v) is 18.3. The van der Waals surface area contributed by atoms with E-state index in [2.05, 4.69) is 0 Å². The number of carbonyl (C=O) groups excluding carboxylic acids is 2. The minimum atomic E-state index is -0.219. The number of methoxy groups -OCH3 is 1. The van der Waals surface area contributed by atoms with Gasteiger partial charge in [0.1, 0.15) is 6.61 Å². The van der Waals surface area contributed by atoms with E-state index in [1.165, 1.54) is 11.8 Å². The molecule has 0 spiro atoms. The summed E-state index contributed by atoms with van der Waals surface area (Å²) in [6, 6.07) is 12.5. The van der Waals surface area contributed by atoms with Gasteiger partial charge in [-0.2, -0.15) is 0 Å². The molecule has 0 bridgehead atoms. The van der Waals surface area contributed by atoms with E-state index in [9.17, 15) is 9.59 Å². The molecule has 1 amide bonds. The molecule has 2 aromatic carbocycles. The van der Waals surface area contributed by atoms with Gasteiger partial charge in [0, 0.05) is 19.1 Å². The summed E-state index contributed by atoms with van der Waals surface area (Å²) in [6.07, 6.45) is 4.65. The largest absolute Gasteiger partial charge is 0.493 e. The van der Waals surface area contributed by atoms with E-state index in [1.54, 1.807) is 43.5 Å². The van der Waals surface area contributed by atoms with Gasteiger partial charge >= 0.3 is 0 Å². The molecule has 1 atom stereocenters. The van der Waals surface area contributed by atoms with Crippen LogP contribution in [-0.2, 0) is 14.3 Å². The van der Waals surface area contributed by atoms with Crippen molar-refractivity contribution in [2.24, 2.45) is 0 Å². The quantitative estimate of drug-likeness (QED) is 0.477. The number of anilines is 1. The number of Topliss-reactive ketones (excluding diaryl/α,β-unsaturated/α-hetero) is 1. The molecule has 1 fully saturated rings. The van der Waals surface area contributed by atoms with Gasteiger partial charge in [0.2, 0.25) is 11.7 Å². The van der Waals surface area contributed by atoms with E-state index in [1.807, 2.05) is 12.1 Å². The maximum atomic E-state index is 12.9. The maximum Gasteiger partial charge on any atom is 0.228 e. The summed E-state index contributed by atoms with van der Waals surface area (Å²) in [7, 11) is 1.56. The van der Waals surface area contributed by atoms with Crippen LogP contribution in [0, 0.1) is 0 Å². The van der Waals surface area contributed by atoms with Crippen LogP contribution < -0.4 is 14.4 Å². The van der Waals surface area contributed by atoms with Crippen molar-refractivity contribution in [1.82, 2.24) is 0 Å². The van der Waals surface area contributed by atoms with Gasteiger partial charge in [0.05, 0.1) is 25.1 Å². The third kappa shape index (κ3) is 4.69. The second-order valence-electron chi connectivity index (χ2n) is 7.66. The number of para-hydroxylation sites is 1. The molecule has 168 valence electrons. The lowest BCUT2D eigenvalue weighted by molar-refractivity contribution is -0.165. The number of carbonyl (C=O) groups is 2. The van der Waals surface area contributed by atoms with Gasteiger partial charge in [-0.3, -0.25) is 14.5 Å². The predicted octanol–water partition coefficient (Wildman–Crippen LogP) is 4.21. The minimum Gasteiger partial charge on any atom is -0.493 e. The van der Waals surface area contributed by atoms with Crippen LogP contribution in [0.2, 0.25) is 0 Å². The average molecular weight is 437 g/mol. The molecule has 1 unspecified atom stereocenters. The molecule has 2 aliphatic rings. The van der Waals surface area contributed by atoms with E-state index in [0.717, 1.165) is 31.4 Å². The van der Waals surface area contributed by atoms with Gasteiger partial charge < -0.3 is 18.9 Å². The van der Waals surface area contributed by atoms with Crippen LogP contribution in [0.4, 0.5) is 5.69 Å². The van der Waals surface area contributed by atoms with Crippen LogP contribution in [-0.4, -0.2) is 44.9 Å². The van der Waals surface area contributed by atoms with Gasteiger partial charge in [-0.15, -0.1) is 0 Å². The Balaban J connectivity index is 1.47. The van der Waals surface area contributed by atoms with E-state index in [0.29, 0.717) is 41.7 Å². The summed E-state index contributed by atoms with van der Waals surface area (Å²) in [5, 5.41) is 0. The monoisotopic (exact) mass is 437 g/mol. The third-order valence-corrected chi connectivity index (χ3v) is 5.45. The molecule has 0 saturated carbocycles. The zero-order chi connectivity index (χ0) is 22.5. The van der Waals surface area contributed by atoms with Crippen LogP contribution >= 0.6 is 0 Å². The average Bonchev–Trinajstić information content (AvgIpc) is 3.09. The van der Waals surface area contributed by atoms with Crippen molar-refractivity contribution in [1.29, 1.82) is 0 Å². The summed E-state index contributed by atoms with van der Waals surface area (Å²) in [6.45, 7) is 2.97. The first kappa shape index (κ1) is 22.0. The van der Waals surface area contributed by atoms with Gasteiger partial charge in [-0.05, 0) is 55.2 Å². The molecule has 1 saturated heterocycles. The number of hydrogen-bond donors (Lipinski definition) is 0. The van der Waals surface area contributed by atoms with Crippen molar-refractivity contribution in [3.8, 4) is 11.5 Å². The molecule has 0 radical (unpaired) electrons. The molecule has 2 heterocycles. The molecule has 0 N–H and O–H groups in total. The first-order chi connectivity index (χ1) is 15.6. The molecule has 4 rings (SSSR count). The minimum absolute atomic E-state index is 0.152. The molecule has 0 aromatic heterocycles. The topological polar surface area (TPSA) is 74.3 Å². The Kier molecular flexibility index (Phi) is 6.87. The fourth-order valence-electron chi connectivity index (χ4n) is 3.92. The lowest BCUT2D eigenvalue weighted by Crippen LogP contribution is -2.25. The maximum absolute atomic E-state index is 12.9.